The summed E-state index contributed by atoms with van der Waals surface area (Å²) in [6, 6.07) is 19.0. The summed E-state index contributed by atoms with van der Waals surface area (Å²) in [7, 11) is 1.78. The molecule has 2 heterocycles. The van der Waals surface area contributed by atoms with Crippen molar-refractivity contribution in [3.05, 3.63) is 92.7 Å². The number of piperidine rings is 1. The molecule has 0 spiro atoms. The van der Waals surface area contributed by atoms with Crippen LogP contribution in [0.15, 0.2) is 80.5 Å². The Labute approximate surface area is 210 Å². The van der Waals surface area contributed by atoms with Crippen LogP contribution in [0.5, 0.6) is 0 Å². The van der Waals surface area contributed by atoms with Gasteiger partial charge in [-0.3, -0.25) is 14.9 Å². The van der Waals surface area contributed by atoms with E-state index in [-0.39, 0.29) is 0 Å². The second-order valence-corrected chi connectivity index (χ2v) is 9.70. The highest BCUT2D eigenvalue weighted by atomic mass is 79.9. The number of nitrogens with zero attached hydrogens (tertiary/aromatic N) is 4. The van der Waals surface area contributed by atoms with Crippen LogP contribution in [0, 0.1) is 18.3 Å². The number of allylic oxidation sites excluding steroid dienone is 2. The minimum Gasteiger partial charge on any atom is -0.385 e. The molecule has 2 aliphatic rings. The maximum absolute atomic E-state index is 8.99. The summed E-state index contributed by atoms with van der Waals surface area (Å²) in [4.78, 5) is 11.6. The molecule has 2 aromatic rings. The Balaban J connectivity index is 1.43. The van der Waals surface area contributed by atoms with Crippen molar-refractivity contribution in [1.29, 1.82) is 5.26 Å². The first-order chi connectivity index (χ1) is 16.6. The first-order valence-corrected chi connectivity index (χ1v) is 12.5. The number of halogens is 1. The first kappa shape index (κ1) is 24.1. The minimum absolute atomic E-state index is 0.444. The molecule has 0 atom stereocenters. The van der Waals surface area contributed by atoms with Crippen LogP contribution in [-0.2, 0) is 6.54 Å². The Bertz CT molecular complexity index is 1180. The van der Waals surface area contributed by atoms with E-state index in [2.05, 4.69) is 86.6 Å². The van der Waals surface area contributed by atoms with Crippen LogP contribution in [0.25, 0.3) is 0 Å². The molecule has 1 saturated heterocycles. The molecule has 1 N–H and O–H groups in total. The van der Waals surface area contributed by atoms with Gasteiger partial charge in [0.2, 0.25) is 0 Å². The lowest BCUT2D eigenvalue weighted by Crippen LogP contribution is -2.42. The van der Waals surface area contributed by atoms with Gasteiger partial charge in [-0.15, -0.1) is 0 Å². The van der Waals surface area contributed by atoms with E-state index in [0.717, 1.165) is 60.4 Å². The third kappa shape index (κ3) is 6.11. The third-order valence-electron chi connectivity index (χ3n) is 6.33. The number of aryl methyl sites for hydroxylation is 1. The second kappa shape index (κ2) is 11.4. The lowest BCUT2D eigenvalue weighted by atomic mass is 9.98. The summed E-state index contributed by atoms with van der Waals surface area (Å²) < 4.78 is 0.922. The fourth-order valence-corrected chi connectivity index (χ4v) is 4.90. The lowest BCUT2D eigenvalue weighted by molar-refractivity contribution is 0.195. The number of aliphatic imine (C=N–C) groups is 2. The molecule has 0 amide bonds. The predicted molar refractivity (Wildman–Crippen MR) is 143 cm³/mol. The number of nitrogens with one attached hydrogen (secondary N) is 1. The monoisotopic (exact) mass is 515 g/mol. The fourth-order valence-electron chi connectivity index (χ4n) is 4.47. The van der Waals surface area contributed by atoms with Gasteiger partial charge in [-0.05, 0) is 65.0 Å². The summed E-state index contributed by atoms with van der Waals surface area (Å²) in [6.07, 6.45) is 6.98. The van der Waals surface area contributed by atoms with E-state index in [4.69, 9.17) is 10.3 Å². The molecule has 0 bridgehead atoms. The smallest absolute Gasteiger partial charge is 0.0991 e. The van der Waals surface area contributed by atoms with Crippen molar-refractivity contribution < 1.29 is 0 Å². The molecule has 174 valence electrons. The Kier molecular flexibility index (Phi) is 8.10. The van der Waals surface area contributed by atoms with Crippen LogP contribution in [-0.4, -0.2) is 43.0 Å². The number of rotatable bonds is 6. The Hall–Kier alpha value is -3.01. The van der Waals surface area contributed by atoms with Gasteiger partial charge in [-0.2, -0.15) is 5.26 Å². The molecule has 0 unspecified atom stereocenters. The average molecular weight is 516 g/mol. The van der Waals surface area contributed by atoms with Gasteiger partial charge in [0.1, 0.15) is 0 Å². The highest BCUT2D eigenvalue weighted by molar-refractivity contribution is 9.12. The van der Waals surface area contributed by atoms with Crippen LogP contribution >= 0.6 is 15.9 Å². The van der Waals surface area contributed by atoms with Gasteiger partial charge in [-0.25, -0.2) is 0 Å². The highest BCUT2D eigenvalue weighted by Gasteiger charge is 2.22. The topological polar surface area (TPSA) is 63.8 Å². The molecule has 0 aromatic heterocycles. The van der Waals surface area contributed by atoms with Gasteiger partial charge >= 0.3 is 0 Å². The van der Waals surface area contributed by atoms with Crippen molar-refractivity contribution in [2.45, 2.75) is 38.8 Å². The van der Waals surface area contributed by atoms with Crippen molar-refractivity contribution in [3.8, 4) is 6.07 Å². The molecular weight excluding hydrogens is 486 g/mol. The molecule has 0 saturated carbocycles. The van der Waals surface area contributed by atoms with Gasteiger partial charge in [0.25, 0.3) is 0 Å². The van der Waals surface area contributed by atoms with Gasteiger partial charge in [0.15, 0.2) is 0 Å². The number of nitriles is 1. The van der Waals surface area contributed by atoms with E-state index in [1.165, 1.54) is 16.8 Å². The maximum Gasteiger partial charge on any atom is 0.0991 e. The van der Waals surface area contributed by atoms with Crippen LogP contribution in [0.2, 0.25) is 0 Å². The number of hydrogen-bond donors (Lipinski definition) is 1. The molecule has 2 aliphatic heterocycles. The molecular formula is C28H30BrN5. The first-order valence-electron chi connectivity index (χ1n) is 11.7. The lowest BCUT2D eigenvalue weighted by Gasteiger charge is -2.34. The molecule has 5 nitrogen and oxygen atoms in total. The summed E-state index contributed by atoms with van der Waals surface area (Å²) in [5, 5.41) is 12.8. The zero-order chi connectivity index (χ0) is 23.9. The van der Waals surface area contributed by atoms with Crippen molar-refractivity contribution in [2.24, 2.45) is 9.98 Å². The van der Waals surface area contributed by atoms with Gasteiger partial charge in [0, 0.05) is 56.6 Å². The van der Waals surface area contributed by atoms with Gasteiger partial charge in [-0.1, -0.05) is 36.4 Å². The number of likely N-dealkylation sites (tertiary alicyclic amines) is 1. The zero-order valence-electron chi connectivity index (χ0n) is 19.8. The summed E-state index contributed by atoms with van der Waals surface area (Å²) in [6.45, 7) is 5.17. The van der Waals surface area contributed by atoms with E-state index in [0.29, 0.717) is 11.6 Å². The quantitative estimate of drug-likeness (QED) is 0.516. The molecule has 1 fully saturated rings. The van der Waals surface area contributed by atoms with Crippen molar-refractivity contribution >= 4 is 27.9 Å². The SMILES string of the molecule is CN=C/C(Br)=C1\CC(NC2CCN(Cc3ccc(C#N)cc3)CC2)=CC(c2ccccc2C)=N1. The standard InChI is InChI=1S/C28H30BrN5/c1-20-5-3-4-6-25(20)27-15-24(16-28(33-27)26(29)18-31-2)32-23-11-13-34(14-12-23)19-22-9-7-21(17-30)8-10-22/h3-10,15,18,23,32H,11-14,16,19H2,1-2H3/b28-26-,31-18?. The Morgan fingerprint density at radius 1 is 1.21 bits per heavy atom. The number of benzene rings is 2. The largest absolute Gasteiger partial charge is 0.385 e. The van der Waals surface area contributed by atoms with Crippen molar-refractivity contribution in [3.63, 3.8) is 0 Å². The molecule has 0 aliphatic carbocycles. The van der Waals surface area contributed by atoms with Crippen LogP contribution < -0.4 is 5.32 Å². The van der Waals surface area contributed by atoms with E-state index in [1.54, 1.807) is 7.05 Å². The van der Waals surface area contributed by atoms with Crippen LogP contribution in [0.4, 0.5) is 0 Å². The van der Waals surface area contributed by atoms with E-state index in [1.807, 2.05) is 18.3 Å². The number of hydrogen-bond acceptors (Lipinski definition) is 5. The maximum atomic E-state index is 8.99. The molecule has 6 heteroatoms. The molecule has 34 heavy (non-hydrogen) atoms. The van der Waals surface area contributed by atoms with Crippen LogP contribution in [0.1, 0.15) is 41.5 Å². The normalized spacial score (nSPS) is 18.9. The van der Waals surface area contributed by atoms with E-state index < -0.39 is 0 Å². The van der Waals surface area contributed by atoms with Gasteiger partial charge < -0.3 is 5.32 Å². The summed E-state index contributed by atoms with van der Waals surface area (Å²) in [5.41, 5.74) is 7.53. The Morgan fingerprint density at radius 2 is 1.94 bits per heavy atom. The average Bonchev–Trinajstić information content (AvgIpc) is 2.86. The predicted octanol–water partition coefficient (Wildman–Crippen LogP) is 5.50. The number of dihydropyridines is 1. The third-order valence-corrected chi connectivity index (χ3v) is 6.99. The molecule has 2 aromatic carbocycles. The summed E-state index contributed by atoms with van der Waals surface area (Å²) in [5.74, 6) is 0. The van der Waals surface area contributed by atoms with Crippen molar-refractivity contribution in [2.75, 3.05) is 20.1 Å². The second-order valence-electron chi connectivity index (χ2n) is 8.84. The Morgan fingerprint density at radius 3 is 2.62 bits per heavy atom. The van der Waals surface area contributed by atoms with E-state index >= 15 is 0 Å². The highest BCUT2D eigenvalue weighted by Crippen LogP contribution is 2.27. The van der Waals surface area contributed by atoms with Gasteiger partial charge in [0.05, 0.1) is 27.5 Å². The fraction of sp³-hybridized carbons (Fsp3) is 0.321. The van der Waals surface area contributed by atoms with Crippen LogP contribution in [0.3, 0.4) is 0 Å². The minimum atomic E-state index is 0.444. The zero-order valence-corrected chi connectivity index (χ0v) is 21.3. The van der Waals surface area contributed by atoms with E-state index in [9.17, 15) is 0 Å². The molecule has 0 radical (unpaired) electrons. The van der Waals surface area contributed by atoms with Crippen molar-refractivity contribution in [1.82, 2.24) is 10.2 Å². The summed E-state index contributed by atoms with van der Waals surface area (Å²) >= 11 is 3.66. The molecule has 4 rings (SSSR count).